The molecule has 9 rings (SSSR count). The topological polar surface area (TPSA) is 109 Å². The van der Waals surface area contributed by atoms with Gasteiger partial charge >= 0.3 is 0 Å². The fourth-order valence-corrected chi connectivity index (χ4v) is 9.24. The average Bonchev–Trinajstić information content (AvgIpc) is 3.77. The molecule has 6 heterocycles. The first-order valence-electron chi connectivity index (χ1n) is 19.0. The summed E-state index contributed by atoms with van der Waals surface area (Å²) in [6, 6.07) is 10.6. The van der Waals surface area contributed by atoms with Crippen molar-refractivity contribution >= 4 is 40.0 Å². The molecule has 2 aliphatic carbocycles. The van der Waals surface area contributed by atoms with E-state index in [0.29, 0.717) is 43.5 Å². The second-order valence-electron chi connectivity index (χ2n) is 15.8. The summed E-state index contributed by atoms with van der Waals surface area (Å²) in [6.45, 7) is 7.50. The van der Waals surface area contributed by atoms with E-state index in [1.165, 1.54) is 25.5 Å². The van der Waals surface area contributed by atoms with Gasteiger partial charge in [-0.05, 0) is 102 Å². The fourth-order valence-electron chi connectivity index (χ4n) is 9.24. The number of pyridine rings is 2. The third-order valence-corrected chi connectivity index (χ3v) is 12.6. The Hall–Kier alpha value is -4.42. The lowest BCUT2D eigenvalue weighted by Crippen LogP contribution is -2.58. The largest absolute Gasteiger partial charge is 0.368 e. The van der Waals surface area contributed by atoms with Crippen LogP contribution in [0.5, 0.6) is 0 Å². The van der Waals surface area contributed by atoms with E-state index in [1.807, 2.05) is 15.5 Å². The number of nitrogens with one attached hydrogen (secondary N) is 1. The molecule has 1 spiro atoms. The number of anilines is 3. The maximum absolute atomic E-state index is 14.9. The Bertz CT molecular complexity index is 2040. The number of piperidine rings is 2. The number of likely N-dealkylation sites (tertiary alicyclic amines) is 2. The molecule has 52 heavy (non-hydrogen) atoms. The Kier molecular flexibility index (Phi) is 8.11. The normalized spacial score (nSPS) is 23.7. The summed E-state index contributed by atoms with van der Waals surface area (Å²) in [5, 5.41) is 3.23. The molecule has 0 bridgehead atoms. The van der Waals surface area contributed by atoms with Gasteiger partial charge in [0.15, 0.2) is 11.6 Å². The third-order valence-electron chi connectivity index (χ3n) is 12.6. The number of nitrogens with zero attached hydrogens (tertiary/aromatic N) is 7. The molecule has 0 radical (unpaired) electrons. The lowest BCUT2D eigenvalue weighted by atomic mass is 9.73. The van der Waals surface area contributed by atoms with Gasteiger partial charge in [-0.2, -0.15) is 0 Å². The number of methoxy groups -OCH3 is 1. The quantitative estimate of drug-likeness (QED) is 0.226. The van der Waals surface area contributed by atoms with Gasteiger partial charge in [-0.15, -0.1) is 0 Å². The Morgan fingerprint density at radius 1 is 1.00 bits per heavy atom. The number of hydrogen-bond donors (Lipinski definition) is 1. The number of amides is 2. The van der Waals surface area contributed by atoms with Crippen LogP contribution in [0.3, 0.4) is 0 Å². The van der Waals surface area contributed by atoms with E-state index in [2.05, 4.69) is 52.1 Å². The minimum absolute atomic E-state index is 0.0588. The highest BCUT2D eigenvalue weighted by Gasteiger charge is 2.58. The summed E-state index contributed by atoms with van der Waals surface area (Å²) in [6.07, 6.45) is 12.9. The van der Waals surface area contributed by atoms with Crippen LogP contribution < -0.4 is 10.2 Å². The van der Waals surface area contributed by atoms with Crippen molar-refractivity contribution in [2.75, 3.05) is 43.5 Å². The summed E-state index contributed by atoms with van der Waals surface area (Å²) in [5.41, 5.74) is 4.00. The van der Waals surface area contributed by atoms with Crippen LogP contribution >= 0.6 is 0 Å². The van der Waals surface area contributed by atoms with Crippen LogP contribution in [-0.2, 0) is 19.7 Å². The van der Waals surface area contributed by atoms with Crippen molar-refractivity contribution in [3.8, 4) is 11.3 Å². The summed E-state index contributed by atoms with van der Waals surface area (Å²) in [4.78, 5) is 48.7. The molecule has 2 saturated carbocycles. The number of benzene rings is 1. The number of imidazole rings is 1. The highest BCUT2D eigenvalue weighted by Crippen LogP contribution is 2.53. The van der Waals surface area contributed by atoms with Crippen molar-refractivity contribution in [1.82, 2.24) is 29.3 Å². The molecule has 1 aromatic carbocycles. The van der Waals surface area contributed by atoms with Gasteiger partial charge in [-0.3, -0.25) is 14.6 Å². The molecule has 272 valence electrons. The number of ether oxygens (including phenoxy) is 1. The summed E-state index contributed by atoms with van der Waals surface area (Å²) >= 11 is 0. The summed E-state index contributed by atoms with van der Waals surface area (Å²) < 4.78 is 22.5. The van der Waals surface area contributed by atoms with Crippen LogP contribution in [0.2, 0.25) is 0 Å². The van der Waals surface area contributed by atoms with Crippen molar-refractivity contribution < 1.29 is 18.7 Å². The smallest absolute Gasteiger partial charge is 0.254 e. The molecule has 0 atom stereocenters. The molecule has 0 unspecified atom stereocenters. The molecule has 5 aliphatic rings. The molecular formula is C40H47FN8O3. The van der Waals surface area contributed by atoms with Gasteiger partial charge in [0.2, 0.25) is 5.91 Å². The summed E-state index contributed by atoms with van der Waals surface area (Å²) in [7, 11) is 1.62. The van der Waals surface area contributed by atoms with E-state index < -0.39 is 16.8 Å². The number of carbonyl (C=O) groups excluding carboxylic acids is 2. The first kappa shape index (κ1) is 33.4. The zero-order valence-electron chi connectivity index (χ0n) is 30.3. The van der Waals surface area contributed by atoms with Crippen molar-refractivity contribution in [2.45, 2.75) is 101 Å². The molecule has 2 saturated heterocycles. The van der Waals surface area contributed by atoms with Gasteiger partial charge in [-0.1, -0.05) is 18.6 Å². The van der Waals surface area contributed by atoms with E-state index in [-0.39, 0.29) is 29.6 Å². The first-order valence-corrected chi connectivity index (χ1v) is 19.0. The molecule has 2 amide bonds. The van der Waals surface area contributed by atoms with Gasteiger partial charge in [0.25, 0.3) is 5.91 Å². The minimum atomic E-state index is -0.677. The Morgan fingerprint density at radius 3 is 2.46 bits per heavy atom. The summed E-state index contributed by atoms with van der Waals surface area (Å²) in [5.74, 6) is 0.250. The van der Waals surface area contributed by atoms with Crippen molar-refractivity contribution in [3.05, 3.63) is 60.4 Å². The zero-order chi connectivity index (χ0) is 35.8. The fraction of sp³-hybridized carbons (Fsp3) is 0.525. The minimum Gasteiger partial charge on any atom is -0.368 e. The van der Waals surface area contributed by atoms with Gasteiger partial charge in [0, 0.05) is 55.8 Å². The Balaban J connectivity index is 1.09. The molecule has 3 aliphatic heterocycles. The maximum Gasteiger partial charge on any atom is 0.254 e. The second-order valence-corrected chi connectivity index (χ2v) is 15.8. The van der Waals surface area contributed by atoms with E-state index in [4.69, 9.17) is 14.7 Å². The van der Waals surface area contributed by atoms with Gasteiger partial charge in [0.05, 0.1) is 34.8 Å². The number of halogens is 1. The number of aromatic nitrogens is 4. The number of hydrogen-bond acceptors (Lipinski definition) is 8. The predicted octanol–water partition coefficient (Wildman–Crippen LogP) is 6.36. The van der Waals surface area contributed by atoms with Crippen LogP contribution in [0.25, 0.3) is 22.3 Å². The van der Waals surface area contributed by atoms with E-state index in [1.54, 1.807) is 25.7 Å². The van der Waals surface area contributed by atoms with Crippen LogP contribution in [0.15, 0.2) is 49.1 Å². The number of rotatable bonds is 8. The average molecular weight is 707 g/mol. The molecule has 4 fully saturated rings. The van der Waals surface area contributed by atoms with Gasteiger partial charge in [-0.25, -0.2) is 14.4 Å². The lowest BCUT2D eigenvalue weighted by molar-refractivity contribution is -0.147. The van der Waals surface area contributed by atoms with Gasteiger partial charge < -0.3 is 29.3 Å². The van der Waals surface area contributed by atoms with Crippen molar-refractivity contribution in [1.29, 1.82) is 0 Å². The van der Waals surface area contributed by atoms with Crippen LogP contribution in [-0.4, -0.2) is 92.1 Å². The Morgan fingerprint density at radius 2 is 1.77 bits per heavy atom. The van der Waals surface area contributed by atoms with Crippen LogP contribution in [0.1, 0.15) is 83.2 Å². The number of fused-ring (bicyclic) bond motifs is 3. The maximum atomic E-state index is 14.9. The predicted molar refractivity (Wildman–Crippen MR) is 197 cm³/mol. The SMILES string of the molecule is COC1(C(=O)N2CCC3(CC2)C(=O)N([C@H]2C[C@@H](N4CCCCC4)C2)c2cc(-c4cc5ncn(C(C)C)c5c(Nc5ccncc5F)n4)ccc23)CC1. The van der Waals surface area contributed by atoms with Crippen molar-refractivity contribution in [3.63, 3.8) is 0 Å². The standard InChI is InChI=1S/C40H47FN8O3/c1-25(2)48-24-43-33-22-32(45-36(35(33)48)44-31-9-14-42-23-30(31)41)26-7-8-29-34(19-26)49(28-20-27(21-28)46-15-5-4-6-16-46)37(50)39(29)12-17-47(18-13-39)38(51)40(52-3)10-11-40/h7-9,14,19,22-25,27-28H,4-6,10-13,15-18,20-21H2,1-3H3,(H,42,44,45)/t27-,28+. The monoisotopic (exact) mass is 706 g/mol. The first-order chi connectivity index (χ1) is 25.2. The van der Waals surface area contributed by atoms with Gasteiger partial charge in [0.1, 0.15) is 11.1 Å². The molecule has 11 nitrogen and oxygen atoms in total. The van der Waals surface area contributed by atoms with Crippen LogP contribution in [0.4, 0.5) is 21.6 Å². The molecule has 4 aromatic rings. The number of carbonyl (C=O) groups is 2. The molecule has 3 aromatic heterocycles. The zero-order valence-corrected chi connectivity index (χ0v) is 30.3. The molecule has 1 N–H and O–H groups in total. The Labute approximate surface area is 303 Å². The molecule has 12 heteroatoms. The third kappa shape index (κ3) is 5.31. The highest BCUT2D eigenvalue weighted by atomic mass is 19.1. The lowest BCUT2D eigenvalue weighted by Gasteiger charge is -2.48. The van der Waals surface area contributed by atoms with E-state index in [9.17, 15) is 14.0 Å². The second kappa shape index (κ2) is 12.6. The van der Waals surface area contributed by atoms with Crippen molar-refractivity contribution in [2.24, 2.45) is 0 Å². The van der Waals surface area contributed by atoms with E-state index >= 15 is 0 Å². The highest BCUT2D eigenvalue weighted by molar-refractivity contribution is 6.09. The molecular weight excluding hydrogens is 659 g/mol. The van der Waals surface area contributed by atoms with E-state index in [0.717, 1.165) is 66.6 Å². The van der Waals surface area contributed by atoms with Crippen LogP contribution in [0, 0.1) is 5.82 Å².